The monoisotopic (exact) mass is 276 g/mol. The van der Waals surface area contributed by atoms with Gasteiger partial charge in [0.05, 0.1) is 6.26 Å². The highest BCUT2D eigenvalue weighted by Crippen LogP contribution is 2.37. The lowest BCUT2D eigenvalue weighted by Gasteiger charge is -2.35. The van der Waals surface area contributed by atoms with E-state index in [0.717, 1.165) is 0 Å². The van der Waals surface area contributed by atoms with E-state index in [1.165, 1.54) is 19.1 Å². The fraction of sp³-hybridized carbons (Fsp3) is 0.600. The first-order valence-corrected chi connectivity index (χ1v) is 7.28. The number of hydrogen-bond donors (Lipinski definition) is 0. The predicted molar refractivity (Wildman–Crippen MR) is 73.1 cm³/mol. The third kappa shape index (κ3) is 2.57. The Bertz CT molecular complexity index is 485. The molecule has 0 aromatic carbocycles. The van der Waals surface area contributed by atoms with Crippen LogP contribution in [0.4, 0.5) is 0 Å². The average molecular weight is 276 g/mol. The van der Waals surface area contributed by atoms with Crippen molar-refractivity contribution in [2.45, 2.75) is 19.8 Å². The van der Waals surface area contributed by atoms with E-state index >= 15 is 0 Å². The molecule has 5 nitrogen and oxygen atoms in total. The number of amides is 2. The summed E-state index contributed by atoms with van der Waals surface area (Å²) in [5.74, 6) is 1.26. The number of hydrogen-bond acceptors (Lipinski definition) is 3. The highest BCUT2D eigenvalue weighted by Gasteiger charge is 2.36. The SMILES string of the molecule is CC(C(=O)N1CCN(C(=O)c2ccco2)CC1)C1CC1. The van der Waals surface area contributed by atoms with Crippen LogP contribution >= 0.6 is 0 Å². The van der Waals surface area contributed by atoms with Crippen LogP contribution in [-0.4, -0.2) is 47.8 Å². The van der Waals surface area contributed by atoms with Crippen molar-refractivity contribution >= 4 is 11.8 Å². The molecule has 5 heteroatoms. The number of carbonyl (C=O) groups excluding carboxylic acids is 2. The first-order valence-electron chi connectivity index (χ1n) is 7.28. The van der Waals surface area contributed by atoms with E-state index in [-0.39, 0.29) is 17.7 Å². The third-order valence-corrected chi connectivity index (χ3v) is 4.33. The van der Waals surface area contributed by atoms with E-state index in [1.54, 1.807) is 17.0 Å². The number of piperazine rings is 1. The summed E-state index contributed by atoms with van der Waals surface area (Å²) < 4.78 is 5.13. The molecular weight excluding hydrogens is 256 g/mol. The van der Waals surface area contributed by atoms with Crippen molar-refractivity contribution < 1.29 is 14.0 Å². The maximum Gasteiger partial charge on any atom is 0.289 e. The summed E-state index contributed by atoms with van der Waals surface area (Å²) >= 11 is 0. The van der Waals surface area contributed by atoms with Crippen LogP contribution in [0.1, 0.15) is 30.3 Å². The molecule has 1 aromatic rings. The Kier molecular flexibility index (Phi) is 3.51. The van der Waals surface area contributed by atoms with Gasteiger partial charge in [-0.2, -0.15) is 0 Å². The van der Waals surface area contributed by atoms with Crippen LogP contribution in [0.15, 0.2) is 22.8 Å². The number of rotatable bonds is 3. The molecule has 1 unspecified atom stereocenters. The molecule has 2 amide bonds. The van der Waals surface area contributed by atoms with E-state index in [4.69, 9.17) is 4.42 Å². The standard InChI is InChI=1S/C15H20N2O3/c1-11(12-4-5-12)14(18)16-6-8-17(9-7-16)15(19)13-3-2-10-20-13/h2-3,10-12H,4-9H2,1H3. The average Bonchev–Trinajstić information content (AvgIpc) is 3.20. The van der Waals surface area contributed by atoms with Gasteiger partial charge in [-0.1, -0.05) is 6.92 Å². The maximum absolute atomic E-state index is 12.3. The first-order chi connectivity index (χ1) is 9.66. The second-order valence-electron chi connectivity index (χ2n) is 5.72. The van der Waals surface area contributed by atoms with E-state index in [9.17, 15) is 9.59 Å². The minimum Gasteiger partial charge on any atom is -0.459 e. The topological polar surface area (TPSA) is 53.8 Å². The van der Waals surface area contributed by atoms with Crippen LogP contribution in [0, 0.1) is 11.8 Å². The Hall–Kier alpha value is -1.78. The van der Waals surface area contributed by atoms with Gasteiger partial charge in [0.15, 0.2) is 5.76 Å². The first kappa shape index (κ1) is 13.2. The zero-order valence-corrected chi connectivity index (χ0v) is 11.7. The van der Waals surface area contributed by atoms with Gasteiger partial charge in [-0.3, -0.25) is 9.59 Å². The van der Waals surface area contributed by atoms with Gasteiger partial charge >= 0.3 is 0 Å². The van der Waals surface area contributed by atoms with E-state index in [0.29, 0.717) is 37.9 Å². The summed E-state index contributed by atoms with van der Waals surface area (Å²) in [6.07, 6.45) is 3.87. The zero-order chi connectivity index (χ0) is 14.1. The van der Waals surface area contributed by atoms with E-state index in [1.807, 2.05) is 11.8 Å². The Morgan fingerprint density at radius 3 is 2.40 bits per heavy atom. The normalized spacial score (nSPS) is 20.9. The smallest absolute Gasteiger partial charge is 0.289 e. The van der Waals surface area contributed by atoms with Crippen LogP contribution in [0.3, 0.4) is 0 Å². The molecule has 1 aromatic heterocycles. The predicted octanol–water partition coefficient (Wildman–Crippen LogP) is 1.61. The van der Waals surface area contributed by atoms with E-state index in [2.05, 4.69) is 0 Å². The quantitative estimate of drug-likeness (QED) is 0.843. The van der Waals surface area contributed by atoms with Crippen LogP contribution in [-0.2, 0) is 4.79 Å². The number of carbonyl (C=O) groups is 2. The minimum absolute atomic E-state index is 0.0858. The molecule has 2 fully saturated rings. The van der Waals surface area contributed by atoms with Crippen molar-refractivity contribution in [2.24, 2.45) is 11.8 Å². The van der Waals surface area contributed by atoms with Gasteiger partial charge < -0.3 is 14.2 Å². The molecule has 3 rings (SSSR count). The van der Waals surface area contributed by atoms with Crippen LogP contribution in [0.2, 0.25) is 0 Å². The number of furan rings is 1. The second-order valence-corrected chi connectivity index (χ2v) is 5.72. The Balaban J connectivity index is 1.54. The summed E-state index contributed by atoms with van der Waals surface area (Å²) in [4.78, 5) is 28.1. The summed E-state index contributed by atoms with van der Waals surface area (Å²) in [7, 11) is 0. The molecule has 0 bridgehead atoms. The van der Waals surface area contributed by atoms with Crippen LogP contribution < -0.4 is 0 Å². The third-order valence-electron chi connectivity index (χ3n) is 4.33. The van der Waals surface area contributed by atoms with Crippen molar-refractivity contribution in [1.82, 2.24) is 9.80 Å². The van der Waals surface area contributed by atoms with Gasteiger partial charge in [0, 0.05) is 32.1 Å². The molecule has 1 saturated heterocycles. The molecule has 0 spiro atoms. The van der Waals surface area contributed by atoms with Crippen molar-refractivity contribution in [2.75, 3.05) is 26.2 Å². The molecule has 1 saturated carbocycles. The lowest BCUT2D eigenvalue weighted by Crippen LogP contribution is -2.51. The van der Waals surface area contributed by atoms with Gasteiger partial charge in [-0.05, 0) is 30.9 Å². The minimum atomic E-state index is -0.0858. The van der Waals surface area contributed by atoms with E-state index < -0.39 is 0 Å². The van der Waals surface area contributed by atoms with Crippen LogP contribution in [0.25, 0.3) is 0 Å². The highest BCUT2D eigenvalue weighted by molar-refractivity contribution is 5.91. The Morgan fingerprint density at radius 2 is 1.85 bits per heavy atom. The lowest BCUT2D eigenvalue weighted by molar-refractivity contribution is -0.137. The molecule has 1 aliphatic carbocycles. The molecule has 2 heterocycles. The molecule has 2 aliphatic rings. The molecule has 1 atom stereocenters. The molecule has 1 aliphatic heterocycles. The van der Waals surface area contributed by atoms with Crippen molar-refractivity contribution in [3.05, 3.63) is 24.2 Å². The zero-order valence-electron chi connectivity index (χ0n) is 11.7. The molecular formula is C15H20N2O3. The Morgan fingerprint density at radius 1 is 1.20 bits per heavy atom. The van der Waals surface area contributed by atoms with Gasteiger partial charge in [0.1, 0.15) is 0 Å². The van der Waals surface area contributed by atoms with Crippen molar-refractivity contribution in [1.29, 1.82) is 0 Å². The lowest BCUT2D eigenvalue weighted by atomic mass is 10.0. The summed E-state index contributed by atoms with van der Waals surface area (Å²) in [5.41, 5.74) is 0. The maximum atomic E-state index is 12.3. The summed E-state index contributed by atoms with van der Waals surface area (Å²) in [6, 6.07) is 3.39. The Labute approximate surface area is 118 Å². The van der Waals surface area contributed by atoms with Crippen molar-refractivity contribution in [3.8, 4) is 0 Å². The molecule has 0 N–H and O–H groups in total. The van der Waals surface area contributed by atoms with Crippen molar-refractivity contribution in [3.63, 3.8) is 0 Å². The van der Waals surface area contributed by atoms with Gasteiger partial charge in [0.25, 0.3) is 5.91 Å². The fourth-order valence-corrected chi connectivity index (χ4v) is 2.77. The second kappa shape index (κ2) is 5.31. The van der Waals surface area contributed by atoms with Gasteiger partial charge in [-0.25, -0.2) is 0 Å². The summed E-state index contributed by atoms with van der Waals surface area (Å²) in [5, 5.41) is 0. The summed E-state index contributed by atoms with van der Waals surface area (Å²) in [6.45, 7) is 4.45. The largest absolute Gasteiger partial charge is 0.459 e. The van der Waals surface area contributed by atoms with Crippen LogP contribution in [0.5, 0.6) is 0 Å². The van der Waals surface area contributed by atoms with Gasteiger partial charge in [0.2, 0.25) is 5.91 Å². The molecule has 108 valence electrons. The molecule has 20 heavy (non-hydrogen) atoms. The fourth-order valence-electron chi connectivity index (χ4n) is 2.77. The molecule has 0 radical (unpaired) electrons. The van der Waals surface area contributed by atoms with Gasteiger partial charge in [-0.15, -0.1) is 0 Å². The number of nitrogens with zero attached hydrogens (tertiary/aromatic N) is 2. The highest BCUT2D eigenvalue weighted by atomic mass is 16.3.